The average Bonchev–Trinajstić information content (AvgIpc) is 2.55. The second-order valence-corrected chi connectivity index (χ2v) is 10.5. The Morgan fingerprint density at radius 3 is 2.46 bits per heavy atom. The normalized spacial score (nSPS) is 17.8. The Morgan fingerprint density at radius 2 is 1.88 bits per heavy atom. The third-order valence-corrected chi connectivity index (χ3v) is 7.04. The summed E-state index contributed by atoms with van der Waals surface area (Å²) in [6, 6.07) is 7.68. The largest absolute Gasteiger partial charge is 0.330 e. The Bertz CT molecular complexity index is 622. The molecule has 0 aromatic heterocycles. The number of rotatable bonds is 6. The summed E-state index contributed by atoms with van der Waals surface area (Å²) in [5, 5.41) is 3.01. The minimum atomic E-state index is -0.952. The highest BCUT2D eigenvalue weighted by molar-refractivity contribution is 7.85. The number of nitrogens with two attached hydrogens (primary N) is 1. The maximum atomic E-state index is 12.5. The van der Waals surface area contributed by atoms with Crippen LogP contribution in [-0.4, -0.2) is 21.4 Å². The second-order valence-electron chi connectivity index (χ2n) is 8.29. The van der Waals surface area contributed by atoms with Crippen LogP contribution in [0, 0.1) is 5.41 Å². The number of halogens is 1. The summed E-state index contributed by atoms with van der Waals surface area (Å²) in [7, 11) is -0.952. The highest BCUT2D eigenvalue weighted by Gasteiger charge is 2.33. The lowest BCUT2D eigenvalue weighted by molar-refractivity contribution is -0.118. The van der Waals surface area contributed by atoms with E-state index in [0.29, 0.717) is 18.7 Å². The first-order chi connectivity index (χ1) is 11.7. The Balaban J connectivity index is 0.00000338. The highest BCUT2D eigenvalue weighted by atomic mass is 35.5. The number of carbonyl (C=O) groups excluding carboxylic acids is 1. The van der Waals surface area contributed by atoms with Crippen molar-refractivity contribution in [2.45, 2.75) is 69.8 Å². The standard InChI is InChI=1S/C20H32N2O2S.ClH/c1-19(2,3)25(24)14-16-8-7-9-17(12-16)22-18(23)13-20(15-21)10-5-4-6-11-20;/h7-9,12H,4-6,10-11,13-15,21H2,1-3H3,(H,22,23);1H. The van der Waals surface area contributed by atoms with Gasteiger partial charge in [0.2, 0.25) is 5.91 Å². The first-order valence-corrected chi connectivity index (χ1v) is 10.5. The van der Waals surface area contributed by atoms with E-state index in [2.05, 4.69) is 5.32 Å². The number of nitrogens with one attached hydrogen (secondary N) is 1. The van der Waals surface area contributed by atoms with Crippen LogP contribution < -0.4 is 11.1 Å². The van der Waals surface area contributed by atoms with Crippen LogP contribution in [-0.2, 0) is 21.3 Å². The topological polar surface area (TPSA) is 72.2 Å². The van der Waals surface area contributed by atoms with Gasteiger partial charge < -0.3 is 11.1 Å². The number of carbonyl (C=O) groups is 1. The van der Waals surface area contributed by atoms with Gasteiger partial charge in [0.25, 0.3) is 0 Å². The molecule has 1 unspecified atom stereocenters. The molecule has 1 aromatic carbocycles. The van der Waals surface area contributed by atoms with Gasteiger partial charge in [-0.2, -0.15) is 0 Å². The van der Waals surface area contributed by atoms with Gasteiger partial charge in [-0.15, -0.1) is 12.4 Å². The molecule has 1 fully saturated rings. The maximum Gasteiger partial charge on any atom is 0.224 e. The first-order valence-electron chi connectivity index (χ1n) is 9.21. The van der Waals surface area contributed by atoms with Crippen molar-refractivity contribution in [1.29, 1.82) is 0 Å². The van der Waals surface area contributed by atoms with Crippen LogP contribution in [0.3, 0.4) is 0 Å². The number of hydrogen-bond acceptors (Lipinski definition) is 3. The summed E-state index contributed by atoms with van der Waals surface area (Å²) in [6.45, 7) is 6.51. The molecule has 1 aliphatic carbocycles. The molecule has 0 aliphatic heterocycles. The summed E-state index contributed by atoms with van der Waals surface area (Å²) in [5.74, 6) is 0.529. The van der Waals surface area contributed by atoms with Crippen LogP contribution in [0.2, 0.25) is 0 Å². The molecule has 26 heavy (non-hydrogen) atoms. The molecule has 1 aliphatic rings. The van der Waals surface area contributed by atoms with Crippen LogP contribution in [0.5, 0.6) is 0 Å². The van der Waals surface area contributed by atoms with E-state index in [9.17, 15) is 9.00 Å². The molecular weight excluding hydrogens is 368 g/mol. The van der Waals surface area contributed by atoms with Crippen LogP contribution in [0.1, 0.15) is 64.9 Å². The lowest BCUT2D eigenvalue weighted by Gasteiger charge is -2.35. The predicted molar refractivity (Wildman–Crippen MR) is 113 cm³/mol. The summed E-state index contributed by atoms with van der Waals surface area (Å²) < 4.78 is 12.1. The maximum absolute atomic E-state index is 12.5. The fraction of sp³-hybridized carbons (Fsp3) is 0.650. The molecule has 1 aromatic rings. The van der Waals surface area contributed by atoms with E-state index in [1.54, 1.807) is 0 Å². The fourth-order valence-electron chi connectivity index (χ4n) is 3.41. The Morgan fingerprint density at radius 1 is 1.23 bits per heavy atom. The van der Waals surface area contributed by atoms with Gasteiger partial charge >= 0.3 is 0 Å². The molecule has 3 N–H and O–H groups in total. The quantitative estimate of drug-likeness (QED) is 0.743. The van der Waals surface area contributed by atoms with Crippen molar-refractivity contribution in [1.82, 2.24) is 0 Å². The Hall–Kier alpha value is -0.910. The van der Waals surface area contributed by atoms with E-state index in [4.69, 9.17) is 5.73 Å². The van der Waals surface area contributed by atoms with Crippen molar-refractivity contribution >= 4 is 34.8 Å². The van der Waals surface area contributed by atoms with E-state index < -0.39 is 10.8 Å². The van der Waals surface area contributed by atoms with Crippen molar-refractivity contribution in [2.75, 3.05) is 11.9 Å². The molecule has 0 saturated heterocycles. The van der Waals surface area contributed by atoms with E-state index >= 15 is 0 Å². The van der Waals surface area contributed by atoms with Gasteiger partial charge in [-0.25, -0.2) is 0 Å². The summed E-state index contributed by atoms with van der Waals surface area (Å²) in [4.78, 5) is 12.5. The fourth-order valence-corrected chi connectivity index (χ4v) is 4.32. The van der Waals surface area contributed by atoms with Crippen molar-refractivity contribution in [3.8, 4) is 0 Å². The molecule has 2 rings (SSSR count). The molecule has 1 atom stereocenters. The van der Waals surface area contributed by atoms with Gasteiger partial charge in [0.15, 0.2) is 0 Å². The number of benzene rings is 1. The lowest BCUT2D eigenvalue weighted by atomic mass is 9.71. The van der Waals surface area contributed by atoms with E-state index in [-0.39, 0.29) is 28.5 Å². The number of amides is 1. The van der Waals surface area contributed by atoms with Gasteiger partial charge in [0, 0.05) is 33.4 Å². The first kappa shape index (κ1) is 23.1. The van der Waals surface area contributed by atoms with Gasteiger partial charge in [0.1, 0.15) is 0 Å². The van der Waals surface area contributed by atoms with Crippen molar-refractivity contribution in [3.05, 3.63) is 29.8 Å². The molecule has 1 saturated carbocycles. The zero-order chi connectivity index (χ0) is 18.5. The Kier molecular flexibility index (Phi) is 8.77. The summed E-state index contributed by atoms with van der Waals surface area (Å²) >= 11 is 0. The summed E-state index contributed by atoms with van der Waals surface area (Å²) in [6.07, 6.45) is 6.15. The van der Waals surface area contributed by atoms with Gasteiger partial charge in [-0.05, 0) is 63.3 Å². The third kappa shape index (κ3) is 6.67. The molecule has 6 heteroatoms. The van der Waals surface area contributed by atoms with E-state index in [1.165, 1.54) is 19.3 Å². The SMILES string of the molecule is CC(C)(C)S(=O)Cc1cccc(NC(=O)CC2(CN)CCCCC2)c1.Cl. The molecule has 0 spiro atoms. The molecule has 0 heterocycles. The monoisotopic (exact) mass is 400 g/mol. The van der Waals surface area contributed by atoms with Crippen LogP contribution >= 0.6 is 12.4 Å². The summed E-state index contributed by atoms with van der Waals surface area (Å²) in [5.41, 5.74) is 7.71. The zero-order valence-corrected chi connectivity index (χ0v) is 17.8. The smallest absolute Gasteiger partial charge is 0.224 e. The highest BCUT2D eigenvalue weighted by Crippen LogP contribution is 2.38. The van der Waals surface area contributed by atoms with Gasteiger partial charge in [0.05, 0.1) is 0 Å². The molecule has 0 radical (unpaired) electrons. The third-order valence-electron chi connectivity index (χ3n) is 5.07. The molecule has 0 bridgehead atoms. The zero-order valence-electron chi connectivity index (χ0n) is 16.2. The molecule has 4 nitrogen and oxygen atoms in total. The Labute approximate surface area is 166 Å². The van der Waals surface area contributed by atoms with Crippen molar-refractivity contribution in [2.24, 2.45) is 11.1 Å². The minimum Gasteiger partial charge on any atom is -0.330 e. The van der Waals surface area contributed by atoms with Crippen molar-refractivity contribution < 1.29 is 9.00 Å². The van der Waals surface area contributed by atoms with Crippen LogP contribution in [0.25, 0.3) is 0 Å². The van der Waals surface area contributed by atoms with Crippen LogP contribution in [0.4, 0.5) is 5.69 Å². The molecule has 148 valence electrons. The van der Waals surface area contributed by atoms with Gasteiger partial charge in [-0.1, -0.05) is 31.4 Å². The van der Waals surface area contributed by atoms with Crippen molar-refractivity contribution in [3.63, 3.8) is 0 Å². The minimum absolute atomic E-state index is 0. The number of hydrogen-bond donors (Lipinski definition) is 2. The molecular formula is C20H33ClN2O2S. The average molecular weight is 401 g/mol. The van der Waals surface area contributed by atoms with E-state index in [0.717, 1.165) is 24.1 Å². The number of anilines is 1. The molecule has 1 amide bonds. The van der Waals surface area contributed by atoms with Crippen LogP contribution in [0.15, 0.2) is 24.3 Å². The van der Waals surface area contributed by atoms with E-state index in [1.807, 2.05) is 45.0 Å². The van der Waals surface area contributed by atoms with Gasteiger partial charge in [-0.3, -0.25) is 9.00 Å². The lowest BCUT2D eigenvalue weighted by Crippen LogP contribution is -2.36. The predicted octanol–water partition coefficient (Wildman–Crippen LogP) is 4.39. The second kappa shape index (κ2) is 9.86.